The number of piperidine rings is 2. The Bertz CT molecular complexity index is 3080. The molecule has 9 unspecified atom stereocenters. The molecule has 6 aromatic rings. The van der Waals surface area contributed by atoms with E-state index in [-0.39, 0.29) is 65.2 Å². The molecular formula is C54H62Cl3N9O3S3. The van der Waals surface area contributed by atoms with E-state index in [0.29, 0.717) is 46.5 Å². The minimum absolute atomic E-state index is 0.0837. The quantitative estimate of drug-likeness (QED) is 0.0918. The van der Waals surface area contributed by atoms with E-state index in [1.54, 1.807) is 34.0 Å². The first-order chi connectivity index (χ1) is 34.8. The molecule has 3 amide bonds. The SMILES string of the molecule is Cc1cc(Cl)cc2sc(N(CCC3CCNC(C4CC4C(=O)N(CC4CNCCC4C4CC4C(=O)N(CC4CCNC4)c4nc5c(C)cc(Cl)cc5s4)c4nc5c(C)cc(Cl)cc5s4)C3)C(=O)C3CC3)nc12. The number of aryl methyl sites for hydroxylation is 3. The molecule has 3 aromatic carbocycles. The van der Waals surface area contributed by atoms with Crippen molar-refractivity contribution < 1.29 is 14.4 Å². The number of halogens is 3. The van der Waals surface area contributed by atoms with Crippen LogP contribution in [0, 0.1) is 74.0 Å². The van der Waals surface area contributed by atoms with Gasteiger partial charge in [0.05, 0.1) is 30.6 Å². The number of amides is 3. The van der Waals surface area contributed by atoms with Crippen LogP contribution in [-0.4, -0.2) is 91.1 Å². The van der Waals surface area contributed by atoms with Crippen LogP contribution in [-0.2, 0) is 14.4 Å². The van der Waals surface area contributed by atoms with Gasteiger partial charge in [0, 0.05) is 58.5 Å². The first-order valence-electron chi connectivity index (χ1n) is 26.1. The van der Waals surface area contributed by atoms with Crippen LogP contribution >= 0.6 is 68.8 Å². The van der Waals surface area contributed by atoms with Crippen LogP contribution in [0.25, 0.3) is 30.6 Å². The number of nitrogens with zero attached hydrogens (tertiary/aromatic N) is 6. The number of rotatable bonds is 15. The van der Waals surface area contributed by atoms with Gasteiger partial charge in [-0.1, -0.05) is 68.8 Å². The van der Waals surface area contributed by atoms with Gasteiger partial charge >= 0.3 is 0 Å². The Labute approximate surface area is 448 Å². The van der Waals surface area contributed by atoms with Gasteiger partial charge < -0.3 is 16.0 Å². The third kappa shape index (κ3) is 10.0. The average molecular weight is 1090 g/mol. The van der Waals surface area contributed by atoms with Crippen molar-refractivity contribution in [3.8, 4) is 0 Å². The molecule has 3 saturated heterocycles. The van der Waals surface area contributed by atoms with E-state index in [9.17, 15) is 9.59 Å². The van der Waals surface area contributed by atoms with Crippen molar-refractivity contribution >= 4 is 133 Å². The van der Waals surface area contributed by atoms with Gasteiger partial charge in [0.2, 0.25) is 17.7 Å². The summed E-state index contributed by atoms with van der Waals surface area (Å²) in [7, 11) is 0. The summed E-state index contributed by atoms with van der Waals surface area (Å²) in [5.74, 6) is 2.08. The summed E-state index contributed by atoms with van der Waals surface area (Å²) in [6.07, 6.45) is 8.46. The molecule has 3 N–H and O–H groups in total. The number of aromatic nitrogens is 3. The predicted octanol–water partition coefficient (Wildman–Crippen LogP) is 11.1. The van der Waals surface area contributed by atoms with E-state index >= 15 is 4.79 Å². The highest BCUT2D eigenvalue weighted by atomic mass is 35.5. The highest BCUT2D eigenvalue weighted by Crippen LogP contribution is 2.52. The number of nitrogens with one attached hydrogen (secondary N) is 3. The Morgan fingerprint density at radius 1 is 0.569 bits per heavy atom. The fourth-order valence-corrected chi connectivity index (χ4v) is 16.8. The molecule has 6 fully saturated rings. The summed E-state index contributed by atoms with van der Waals surface area (Å²) >= 11 is 24.2. The third-order valence-corrected chi connectivity index (χ3v) is 20.4. The molecule has 3 aromatic heterocycles. The number of carbonyl (C=O) groups is 3. The summed E-state index contributed by atoms with van der Waals surface area (Å²) in [6, 6.07) is 11.9. The summed E-state index contributed by atoms with van der Waals surface area (Å²) in [5.41, 5.74) is 5.74. The Morgan fingerprint density at radius 3 is 1.65 bits per heavy atom. The van der Waals surface area contributed by atoms with Crippen molar-refractivity contribution in [2.24, 2.45) is 53.3 Å². The number of thiazole rings is 3. The zero-order valence-electron chi connectivity index (χ0n) is 41.0. The number of fused-ring (bicyclic) bond motifs is 3. The highest BCUT2D eigenvalue weighted by Gasteiger charge is 2.54. The minimum atomic E-state index is -0.111. The van der Waals surface area contributed by atoms with Gasteiger partial charge in [-0.2, -0.15) is 0 Å². The van der Waals surface area contributed by atoms with Crippen LogP contribution in [0.5, 0.6) is 0 Å². The molecule has 380 valence electrons. The number of anilines is 3. The predicted molar refractivity (Wildman–Crippen MR) is 296 cm³/mol. The second-order valence-corrected chi connectivity index (χ2v) is 26.2. The lowest BCUT2D eigenvalue weighted by atomic mass is 9.81. The summed E-state index contributed by atoms with van der Waals surface area (Å²) in [6.45, 7) is 12.3. The van der Waals surface area contributed by atoms with Crippen LogP contribution < -0.4 is 30.7 Å². The maximum absolute atomic E-state index is 15.3. The molecule has 0 spiro atoms. The lowest BCUT2D eigenvalue weighted by molar-refractivity contribution is -0.121. The molecule has 6 heterocycles. The number of hydrogen-bond donors (Lipinski definition) is 3. The molecule has 3 saturated carbocycles. The van der Waals surface area contributed by atoms with Gasteiger partial charge in [0.1, 0.15) is 0 Å². The number of carbonyl (C=O) groups excluding carboxylic acids is 3. The zero-order chi connectivity index (χ0) is 49.5. The van der Waals surface area contributed by atoms with Gasteiger partial charge in [0.25, 0.3) is 0 Å². The second-order valence-electron chi connectivity index (χ2n) is 21.9. The van der Waals surface area contributed by atoms with E-state index in [0.717, 1.165) is 153 Å². The van der Waals surface area contributed by atoms with Crippen LogP contribution in [0.2, 0.25) is 15.1 Å². The molecular weight excluding hydrogens is 1030 g/mol. The van der Waals surface area contributed by atoms with Crippen molar-refractivity contribution in [1.29, 1.82) is 0 Å². The standard InChI is InChI=1S/C54H62Cl3N9O3S3/c1-27-14-34(55)18-43-46(27)61-52(70-43)64(49(67)32-4-5-32)13-9-30-7-12-60-42(17-30)39-22-41(39)51(69)66(54-63-48-29(3)16-36(57)20-45(48)72-54)26-33-24-59-11-8-37(33)38-21-40(38)50(68)65(25-31-6-10-58-23-31)53-62-47-28(2)15-35(56)19-44(47)71-53/h14-16,18-20,30-33,37-42,58-60H,4-13,17,21-26H2,1-3H3. The Morgan fingerprint density at radius 2 is 1.08 bits per heavy atom. The molecule has 12 rings (SSSR count). The molecule has 9 atom stereocenters. The second kappa shape index (κ2) is 20.2. The van der Waals surface area contributed by atoms with Crippen molar-refractivity contribution in [2.75, 3.05) is 67.1 Å². The smallest absolute Gasteiger partial charge is 0.232 e. The van der Waals surface area contributed by atoms with Crippen LogP contribution in [0.3, 0.4) is 0 Å². The van der Waals surface area contributed by atoms with E-state index in [1.807, 2.05) is 71.9 Å². The topological polar surface area (TPSA) is 136 Å². The number of benzene rings is 3. The zero-order valence-corrected chi connectivity index (χ0v) is 45.7. The Hall–Kier alpha value is -3.51. The van der Waals surface area contributed by atoms with E-state index in [2.05, 4.69) is 16.0 Å². The first-order valence-corrected chi connectivity index (χ1v) is 29.7. The van der Waals surface area contributed by atoms with Crippen molar-refractivity contribution in [3.63, 3.8) is 0 Å². The maximum Gasteiger partial charge on any atom is 0.232 e. The molecule has 3 aliphatic carbocycles. The largest absolute Gasteiger partial charge is 0.316 e. The van der Waals surface area contributed by atoms with Crippen molar-refractivity contribution in [2.45, 2.75) is 84.6 Å². The van der Waals surface area contributed by atoms with Crippen LogP contribution in [0.1, 0.15) is 74.5 Å². The summed E-state index contributed by atoms with van der Waals surface area (Å²) < 4.78 is 2.99. The van der Waals surface area contributed by atoms with Crippen molar-refractivity contribution in [1.82, 2.24) is 30.9 Å². The van der Waals surface area contributed by atoms with Crippen LogP contribution in [0.15, 0.2) is 36.4 Å². The van der Waals surface area contributed by atoms with Gasteiger partial charge in [-0.25, -0.2) is 15.0 Å². The normalized spacial score (nSPS) is 27.2. The Kier molecular flexibility index (Phi) is 13.9. The molecule has 0 radical (unpaired) electrons. The van der Waals surface area contributed by atoms with Gasteiger partial charge in [0.15, 0.2) is 15.4 Å². The minimum Gasteiger partial charge on any atom is -0.316 e. The van der Waals surface area contributed by atoms with E-state index in [1.165, 1.54) is 0 Å². The highest BCUT2D eigenvalue weighted by molar-refractivity contribution is 7.23. The van der Waals surface area contributed by atoms with Gasteiger partial charge in [-0.3, -0.25) is 29.1 Å². The van der Waals surface area contributed by atoms with E-state index < -0.39 is 0 Å². The fraction of sp³-hybridized carbons (Fsp3) is 0.556. The monoisotopic (exact) mass is 1090 g/mol. The van der Waals surface area contributed by atoms with Gasteiger partial charge in [-0.15, -0.1) is 0 Å². The van der Waals surface area contributed by atoms with Crippen molar-refractivity contribution in [3.05, 3.63) is 68.2 Å². The molecule has 6 aliphatic rings. The molecule has 0 bridgehead atoms. The van der Waals surface area contributed by atoms with E-state index in [4.69, 9.17) is 49.8 Å². The number of hydrogen-bond acceptors (Lipinski definition) is 12. The third-order valence-electron chi connectivity index (χ3n) is 16.7. The lowest BCUT2D eigenvalue weighted by Crippen LogP contribution is -2.47. The molecule has 12 nitrogen and oxygen atoms in total. The van der Waals surface area contributed by atoms with Crippen LogP contribution in [0.4, 0.5) is 15.4 Å². The maximum atomic E-state index is 15.3. The average Bonchev–Trinajstić information content (AvgIpc) is 4.31. The summed E-state index contributed by atoms with van der Waals surface area (Å²) in [5, 5.41) is 15.3. The lowest BCUT2D eigenvalue weighted by Gasteiger charge is -2.36. The van der Waals surface area contributed by atoms with Gasteiger partial charge in [-0.05, 0) is 200 Å². The molecule has 18 heteroatoms. The first kappa shape index (κ1) is 49.4. The molecule has 72 heavy (non-hydrogen) atoms. The Balaban J connectivity index is 0.757. The fourth-order valence-electron chi connectivity index (χ4n) is 12.5. The summed E-state index contributed by atoms with van der Waals surface area (Å²) in [4.78, 5) is 65.1. The molecule has 3 aliphatic heterocycles.